The highest BCUT2D eigenvalue weighted by Gasteiger charge is 2.45. The van der Waals surface area contributed by atoms with Gasteiger partial charge in [0.25, 0.3) is 0 Å². The Balaban J connectivity index is 0.881. The van der Waals surface area contributed by atoms with Gasteiger partial charge >= 0.3 is 11.7 Å². The number of hydrogen-bond acceptors (Lipinski definition) is 12. The minimum absolute atomic E-state index is 0.0642. The Morgan fingerprint density at radius 2 is 1.79 bits per heavy atom. The molecule has 0 bridgehead atoms. The van der Waals surface area contributed by atoms with Crippen molar-refractivity contribution in [1.82, 2.24) is 19.8 Å². The Morgan fingerprint density at radius 3 is 2.49 bits per heavy atom. The Kier molecular flexibility index (Phi) is 11.0. The number of hydrogen-bond donors (Lipinski definition) is 5. The summed E-state index contributed by atoms with van der Waals surface area (Å²) in [6, 6.07) is 19.1. The number of H-pyrrole nitrogens is 1. The Labute approximate surface area is 312 Å². The third-order valence-electron chi connectivity index (χ3n) is 10.1. The fourth-order valence-electron chi connectivity index (χ4n) is 7.24. The Bertz CT molecular complexity index is 2250. The maximum atomic E-state index is 13.4. The van der Waals surface area contributed by atoms with Crippen molar-refractivity contribution in [3.63, 3.8) is 0 Å². The van der Waals surface area contributed by atoms with Gasteiger partial charge < -0.3 is 39.7 Å². The monoisotopic (exact) mass is 758 g/mol. The molecule has 278 valence electrons. The topological polar surface area (TPSA) is 170 Å². The number of aromatic nitrogens is 2. The van der Waals surface area contributed by atoms with Gasteiger partial charge in [-0.15, -0.1) is 22.7 Å². The highest BCUT2D eigenvalue weighted by atomic mass is 32.1. The molecule has 6 aromatic rings. The molecule has 53 heavy (non-hydrogen) atoms. The molecular weight excluding hydrogens is 717 g/mol. The summed E-state index contributed by atoms with van der Waals surface area (Å²) in [5.41, 5.74) is 0.816. The summed E-state index contributed by atoms with van der Waals surface area (Å²) in [7, 11) is 2.08. The summed E-state index contributed by atoms with van der Waals surface area (Å²) in [5.74, 6) is -1.10. The van der Waals surface area contributed by atoms with Crippen LogP contribution >= 0.6 is 22.7 Å². The van der Waals surface area contributed by atoms with E-state index in [0.717, 1.165) is 36.9 Å². The second-order valence-corrected chi connectivity index (χ2v) is 15.5. The number of rotatable bonds is 14. The summed E-state index contributed by atoms with van der Waals surface area (Å²) < 4.78 is 13.2. The van der Waals surface area contributed by atoms with E-state index >= 15 is 0 Å². The minimum Gasteiger partial charge on any atom is -0.506 e. The summed E-state index contributed by atoms with van der Waals surface area (Å²) >= 11 is 2.67. The van der Waals surface area contributed by atoms with Crippen molar-refractivity contribution in [2.24, 2.45) is 0 Å². The first-order valence-corrected chi connectivity index (χ1v) is 19.5. The molecule has 4 heterocycles. The van der Waals surface area contributed by atoms with Crippen LogP contribution in [0.25, 0.3) is 22.0 Å². The molecule has 1 aliphatic rings. The molecule has 0 radical (unpaired) electrons. The first-order valence-electron chi connectivity index (χ1n) is 17.7. The van der Waals surface area contributed by atoms with Crippen molar-refractivity contribution in [2.75, 3.05) is 20.1 Å². The highest BCUT2D eigenvalue weighted by Crippen LogP contribution is 2.38. The van der Waals surface area contributed by atoms with E-state index in [0.29, 0.717) is 58.3 Å². The molecule has 1 saturated carbocycles. The maximum absolute atomic E-state index is 13.4. The number of aromatic hydroxyl groups is 1. The lowest BCUT2D eigenvalue weighted by atomic mass is 9.91. The van der Waals surface area contributed by atoms with Crippen LogP contribution in [0.4, 0.5) is 0 Å². The quantitative estimate of drug-likeness (QED) is 0.0931. The lowest BCUT2D eigenvalue weighted by Gasteiger charge is -2.35. The van der Waals surface area contributed by atoms with E-state index in [4.69, 9.17) is 9.15 Å². The van der Waals surface area contributed by atoms with Crippen LogP contribution in [0.15, 0.2) is 91.5 Å². The van der Waals surface area contributed by atoms with E-state index in [9.17, 15) is 29.7 Å². The van der Waals surface area contributed by atoms with Gasteiger partial charge in [-0.1, -0.05) is 24.3 Å². The van der Waals surface area contributed by atoms with Crippen LogP contribution in [0.2, 0.25) is 0 Å². The number of nitrogens with one attached hydrogen (secondary N) is 2. The molecule has 1 aliphatic carbocycles. The van der Waals surface area contributed by atoms with Crippen LogP contribution in [0.3, 0.4) is 0 Å². The average Bonchev–Trinajstić information content (AvgIpc) is 3.95. The molecule has 0 aliphatic heterocycles. The molecule has 5 N–H and O–H groups in total. The predicted octanol–water partition coefficient (Wildman–Crippen LogP) is 5.20. The SMILES string of the molecule is CN(CCCn1c(=O)oc2cc(CNC[C@@H](O)c3ccc(O)c4[nH]c(=O)ccc34)ccc21)C1CCC(OC(=O)C(O)(c2cccs2)c2cccs2)CC1. The first kappa shape index (κ1) is 36.8. The summed E-state index contributed by atoms with van der Waals surface area (Å²) in [6.45, 7) is 1.92. The molecule has 0 saturated heterocycles. The van der Waals surface area contributed by atoms with Crippen molar-refractivity contribution in [2.45, 2.75) is 69.0 Å². The number of thiophene rings is 2. The number of aromatic amines is 1. The smallest absolute Gasteiger partial charge is 0.419 e. The molecule has 0 amide bonds. The molecule has 12 nitrogen and oxygen atoms in total. The minimum atomic E-state index is -1.80. The van der Waals surface area contributed by atoms with Crippen LogP contribution in [0.5, 0.6) is 5.75 Å². The van der Waals surface area contributed by atoms with Gasteiger partial charge in [-0.3, -0.25) is 9.36 Å². The summed E-state index contributed by atoms with van der Waals surface area (Å²) in [4.78, 5) is 43.9. The van der Waals surface area contributed by atoms with E-state index in [1.807, 2.05) is 41.1 Å². The number of aryl methyl sites for hydroxylation is 1. The molecule has 0 spiro atoms. The van der Waals surface area contributed by atoms with Crippen LogP contribution < -0.4 is 16.6 Å². The number of phenols is 1. The summed E-state index contributed by atoms with van der Waals surface area (Å²) in [6.07, 6.45) is 2.74. The lowest BCUT2D eigenvalue weighted by molar-refractivity contribution is -0.169. The van der Waals surface area contributed by atoms with E-state index in [1.54, 1.807) is 28.8 Å². The molecule has 7 rings (SSSR count). The van der Waals surface area contributed by atoms with Crippen molar-refractivity contribution >= 4 is 50.6 Å². The van der Waals surface area contributed by atoms with Gasteiger partial charge in [-0.25, -0.2) is 9.59 Å². The number of carbonyl (C=O) groups is 1. The molecule has 0 unspecified atom stereocenters. The third kappa shape index (κ3) is 7.74. The standard InChI is InChI=1S/C39H42N4O8S2/c1-42(25-8-10-26(11-9-25)50-37(47)39(49,33-5-2-19-52-33)34-6-3-20-53-34)17-4-18-43-29-14-7-24(21-32(29)51-38(43)48)22-40-23-31(45)27-12-15-30(44)36-28(27)13-16-35(46)41-36/h2-3,5-7,12-16,19-21,25-26,31,40,44-45,49H,4,8-11,17-18,22-23H2,1H3,(H,41,46)/t25?,26?,31-/m1/s1. The fourth-order valence-corrected chi connectivity index (χ4v) is 8.95. The zero-order valence-electron chi connectivity index (χ0n) is 29.2. The zero-order chi connectivity index (χ0) is 37.1. The van der Waals surface area contributed by atoms with Gasteiger partial charge in [0.15, 0.2) is 5.58 Å². The number of esters is 1. The van der Waals surface area contributed by atoms with Gasteiger partial charge in [-0.05, 0) is 104 Å². The van der Waals surface area contributed by atoms with Gasteiger partial charge in [0.2, 0.25) is 11.2 Å². The molecule has 14 heteroatoms. The lowest BCUT2D eigenvalue weighted by Crippen LogP contribution is -2.42. The second kappa shape index (κ2) is 15.8. The van der Waals surface area contributed by atoms with Crippen LogP contribution in [0.1, 0.15) is 59.1 Å². The third-order valence-corrected chi connectivity index (χ3v) is 12.1. The van der Waals surface area contributed by atoms with E-state index in [2.05, 4.69) is 22.2 Å². The van der Waals surface area contributed by atoms with Gasteiger partial charge in [0, 0.05) is 37.1 Å². The summed E-state index contributed by atoms with van der Waals surface area (Å²) in [5, 5.41) is 40.0. The van der Waals surface area contributed by atoms with Crippen LogP contribution in [0, 0.1) is 0 Å². The first-order chi connectivity index (χ1) is 25.6. The number of phenolic OH excluding ortho intramolecular Hbond substituents is 1. The zero-order valence-corrected chi connectivity index (χ0v) is 30.8. The van der Waals surface area contributed by atoms with Crippen LogP contribution in [-0.4, -0.2) is 68.0 Å². The largest absolute Gasteiger partial charge is 0.506 e. The fraction of sp³-hybridized carbons (Fsp3) is 0.359. The predicted molar refractivity (Wildman–Crippen MR) is 204 cm³/mol. The highest BCUT2D eigenvalue weighted by molar-refractivity contribution is 7.12. The number of ether oxygens (including phenoxy) is 1. The van der Waals surface area contributed by atoms with E-state index < -0.39 is 23.4 Å². The number of carbonyl (C=O) groups excluding carboxylic acids is 1. The van der Waals surface area contributed by atoms with Crippen molar-refractivity contribution in [3.05, 3.63) is 119 Å². The number of fused-ring (bicyclic) bond motifs is 2. The van der Waals surface area contributed by atoms with Crippen molar-refractivity contribution < 1.29 is 29.3 Å². The number of benzene rings is 2. The molecule has 2 aromatic carbocycles. The molecule has 1 fully saturated rings. The Hall–Kier alpha value is -4.57. The van der Waals surface area contributed by atoms with E-state index in [1.165, 1.54) is 34.8 Å². The van der Waals surface area contributed by atoms with Gasteiger partial charge in [-0.2, -0.15) is 0 Å². The number of oxazole rings is 1. The van der Waals surface area contributed by atoms with Crippen LogP contribution in [-0.2, 0) is 28.2 Å². The van der Waals surface area contributed by atoms with Gasteiger partial charge in [0.1, 0.15) is 11.9 Å². The molecular formula is C39H42N4O8S2. The number of nitrogens with zero attached hydrogens (tertiary/aromatic N) is 2. The van der Waals surface area contributed by atoms with Crippen molar-refractivity contribution in [1.29, 1.82) is 0 Å². The molecule has 1 atom stereocenters. The van der Waals surface area contributed by atoms with Crippen molar-refractivity contribution in [3.8, 4) is 5.75 Å². The van der Waals surface area contributed by atoms with E-state index in [-0.39, 0.29) is 29.5 Å². The second-order valence-electron chi connectivity index (χ2n) is 13.6. The Morgan fingerprint density at radius 1 is 1.06 bits per heavy atom. The number of aliphatic hydroxyl groups is 2. The average molecular weight is 759 g/mol. The number of aliphatic hydroxyl groups excluding tert-OH is 1. The van der Waals surface area contributed by atoms with Gasteiger partial charge in [0.05, 0.1) is 26.9 Å². The molecule has 4 aromatic heterocycles. The normalized spacial score (nSPS) is 17.1. The number of pyridine rings is 1. The maximum Gasteiger partial charge on any atom is 0.419 e.